The Morgan fingerprint density at radius 1 is 1.04 bits per heavy atom. The topological polar surface area (TPSA) is 74.8 Å². The molecular weight excluding hydrogens is 316 g/mol. The van der Waals surface area contributed by atoms with Crippen LogP contribution in [-0.4, -0.2) is 48.4 Å². The van der Waals surface area contributed by atoms with Gasteiger partial charge in [-0.3, -0.25) is 14.5 Å². The van der Waals surface area contributed by atoms with Crippen LogP contribution in [0.5, 0.6) is 0 Å². The summed E-state index contributed by atoms with van der Waals surface area (Å²) in [6, 6.07) is 6.56. The Balaban J connectivity index is 1.77. The molecule has 124 valence electrons. The molecule has 1 saturated carbocycles. The largest absolute Gasteiger partial charge is 0.269 e. The lowest BCUT2D eigenvalue weighted by Gasteiger charge is -2.29. The monoisotopic (exact) mass is 336 g/mol. The van der Waals surface area contributed by atoms with Crippen LogP contribution < -0.4 is 0 Å². The number of amides is 2. The molecule has 0 N–H and O–H groups in total. The first-order valence-corrected chi connectivity index (χ1v) is 9.33. The minimum atomic E-state index is -3.50. The van der Waals surface area contributed by atoms with Crippen molar-refractivity contribution in [2.75, 3.05) is 13.7 Å². The Morgan fingerprint density at radius 3 is 2.09 bits per heavy atom. The van der Waals surface area contributed by atoms with Crippen molar-refractivity contribution in [3.8, 4) is 0 Å². The summed E-state index contributed by atoms with van der Waals surface area (Å²) in [6.45, 7) is -0.231. The SMILES string of the molecule is CN(CN1C(=O)c2ccccc2C1=O)S(=O)(=O)C1CCCCC1. The van der Waals surface area contributed by atoms with E-state index in [0.717, 1.165) is 28.5 Å². The second kappa shape index (κ2) is 6.05. The zero-order chi connectivity index (χ0) is 16.6. The third-order valence-corrected chi connectivity index (χ3v) is 6.92. The number of imide groups is 1. The molecule has 1 fully saturated rings. The summed E-state index contributed by atoms with van der Waals surface area (Å²) in [4.78, 5) is 25.7. The molecule has 3 rings (SSSR count). The lowest BCUT2D eigenvalue weighted by Crippen LogP contribution is -2.45. The number of nitrogens with zero attached hydrogens (tertiary/aromatic N) is 2. The van der Waals surface area contributed by atoms with Crippen LogP contribution in [0.4, 0.5) is 0 Å². The summed E-state index contributed by atoms with van der Waals surface area (Å²) in [7, 11) is -2.06. The number of fused-ring (bicyclic) bond motifs is 1. The van der Waals surface area contributed by atoms with E-state index in [4.69, 9.17) is 0 Å². The Labute approximate surface area is 136 Å². The Morgan fingerprint density at radius 2 is 1.57 bits per heavy atom. The van der Waals surface area contributed by atoms with Gasteiger partial charge in [0, 0.05) is 7.05 Å². The van der Waals surface area contributed by atoms with Crippen LogP contribution in [0.15, 0.2) is 24.3 Å². The van der Waals surface area contributed by atoms with Crippen molar-refractivity contribution in [3.05, 3.63) is 35.4 Å². The van der Waals surface area contributed by atoms with Gasteiger partial charge in [0.1, 0.15) is 0 Å². The van der Waals surface area contributed by atoms with Gasteiger partial charge in [-0.2, -0.15) is 4.31 Å². The van der Waals surface area contributed by atoms with Gasteiger partial charge in [0.2, 0.25) is 10.0 Å². The minimum Gasteiger partial charge on any atom is -0.269 e. The highest BCUT2D eigenvalue weighted by Gasteiger charge is 2.39. The quantitative estimate of drug-likeness (QED) is 0.786. The molecule has 1 aromatic rings. The van der Waals surface area contributed by atoms with Gasteiger partial charge in [0.15, 0.2) is 0 Å². The van der Waals surface area contributed by atoms with Crippen LogP contribution in [0.2, 0.25) is 0 Å². The highest BCUT2D eigenvalue weighted by Crippen LogP contribution is 2.27. The summed E-state index contributed by atoms with van der Waals surface area (Å²) >= 11 is 0. The summed E-state index contributed by atoms with van der Waals surface area (Å²) in [5, 5.41) is -0.406. The molecule has 2 aliphatic rings. The van der Waals surface area contributed by atoms with E-state index in [1.54, 1.807) is 24.3 Å². The van der Waals surface area contributed by atoms with E-state index < -0.39 is 27.1 Å². The lowest BCUT2D eigenvalue weighted by molar-refractivity contribution is 0.0612. The molecule has 0 saturated heterocycles. The van der Waals surface area contributed by atoms with Crippen LogP contribution in [0.25, 0.3) is 0 Å². The third-order valence-electron chi connectivity index (χ3n) is 4.63. The summed E-state index contributed by atoms with van der Waals surface area (Å²) in [6.07, 6.45) is 4.17. The normalized spacial score (nSPS) is 19.5. The summed E-state index contributed by atoms with van der Waals surface area (Å²) < 4.78 is 26.4. The van der Waals surface area contributed by atoms with Crippen molar-refractivity contribution >= 4 is 21.8 Å². The molecule has 1 aliphatic carbocycles. The van der Waals surface area contributed by atoms with E-state index in [0.29, 0.717) is 24.0 Å². The number of hydrogen-bond acceptors (Lipinski definition) is 4. The maximum absolute atomic E-state index is 12.6. The average Bonchev–Trinajstić information content (AvgIpc) is 2.81. The molecule has 0 spiro atoms. The Bertz CT molecular complexity index is 703. The van der Waals surface area contributed by atoms with Crippen molar-refractivity contribution in [3.63, 3.8) is 0 Å². The maximum Gasteiger partial charge on any atom is 0.262 e. The van der Waals surface area contributed by atoms with E-state index in [1.165, 1.54) is 7.05 Å². The standard InChI is InChI=1S/C16H20N2O4S/c1-17(23(21,22)12-7-3-2-4-8-12)11-18-15(19)13-9-5-6-10-14(13)16(18)20/h5-6,9-10,12H,2-4,7-8,11H2,1H3. The molecular formula is C16H20N2O4S. The average molecular weight is 336 g/mol. The van der Waals surface area contributed by atoms with Crippen LogP contribution in [0, 0.1) is 0 Å². The predicted molar refractivity (Wildman–Crippen MR) is 85.4 cm³/mol. The molecule has 0 atom stereocenters. The zero-order valence-electron chi connectivity index (χ0n) is 13.1. The first-order chi connectivity index (χ1) is 10.9. The Kier molecular flexibility index (Phi) is 4.25. The van der Waals surface area contributed by atoms with Gasteiger partial charge in [0.25, 0.3) is 11.8 Å². The summed E-state index contributed by atoms with van der Waals surface area (Å²) in [5.74, 6) is -0.868. The molecule has 0 radical (unpaired) electrons. The molecule has 7 heteroatoms. The van der Waals surface area contributed by atoms with Gasteiger partial charge in [-0.15, -0.1) is 0 Å². The molecule has 1 aliphatic heterocycles. The number of carbonyl (C=O) groups is 2. The fraction of sp³-hybridized carbons (Fsp3) is 0.500. The molecule has 0 bridgehead atoms. The lowest BCUT2D eigenvalue weighted by atomic mass is 10.0. The van der Waals surface area contributed by atoms with Crippen molar-refractivity contribution in [2.24, 2.45) is 0 Å². The van der Waals surface area contributed by atoms with Gasteiger partial charge in [0.05, 0.1) is 23.0 Å². The molecule has 0 aromatic heterocycles. The van der Waals surface area contributed by atoms with Crippen LogP contribution in [0.1, 0.15) is 52.8 Å². The van der Waals surface area contributed by atoms with E-state index in [-0.39, 0.29) is 6.67 Å². The van der Waals surface area contributed by atoms with E-state index in [9.17, 15) is 18.0 Å². The minimum absolute atomic E-state index is 0.231. The van der Waals surface area contributed by atoms with Gasteiger partial charge in [-0.25, -0.2) is 8.42 Å². The molecule has 23 heavy (non-hydrogen) atoms. The number of sulfonamides is 1. The number of rotatable bonds is 4. The van der Waals surface area contributed by atoms with Crippen LogP contribution in [0.3, 0.4) is 0 Å². The summed E-state index contributed by atoms with van der Waals surface area (Å²) in [5.41, 5.74) is 0.668. The molecule has 0 unspecified atom stereocenters. The zero-order valence-corrected chi connectivity index (χ0v) is 13.9. The number of carbonyl (C=O) groups excluding carboxylic acids is 2. The molecule has 1 aromatic carbocycles. The molecule has 1 heterocycles. The van der Waals surface area contributed by atoms with Crippen molar-refractivity contribution in [2.45, 2.75) is 37.4 Å². The second-order valence-corrected chi connectivity index (χ2v) is 8.45. The highest BCUT2D eigenvalue weighted by atomic mass is 32.2. The van der Waals surface area contributed by atoms with Crippen LogP contribution >= 0.6 is 0 Å². The van der Waals surface area contributed by atoms with Gasteiger partial charge in [-0.1, -0.05) is 31.4 Å². The van der Waals surface area contributed by atoms with Crippen molar-refractivity contribution in [1.82, 2.24) is 9.21 Å². The smallest absolute Gasteiger partial charge is 0.262 e. The van der Waals surface area contributed by atoms with Crippen molar-refractivity contribution < 1.29 is 18.0 Å². The van der Waals surface area contributed by atoms with Gasteiger partial charge >= 0.3 is 0 Å². The van der Waals surface area contributed by atoms with Crippen LogP contribution in [-0.2, 0) is 10.0 Å². The van der Waals surface area contributed by atoms with E-state index in [1.807, 2.05) is 0 Å². The fourth-order valence-corrected chi connectivity index (χ4v) is 4.98. The Hall–Kier alpha value is -1.73. The van der Waals surface area contributed by atoms with Gasteiger partial charge < -0.3 is 0 Å². The second-order valence-electron chi connectivity index (χ2n) is 6.13. The predicted octanol–water partition coefficient (Wildman–Crippen LogP) is 1.83. The van der Waals surface area contributed by atoms with E-state index in [2.05, 4.69) is 0 Å². The number of hydrogen-bond donors (Lipinski definition) is 0. The number of benzene rings is 1. The fourth-order valence-electron chi connectivity index (χ4n) is 3.26. The van der Waals surface area contributed by atoms with Gasteiger partial charge in [-0.05, 0) is 25.0 Å². The molecule has 6 nitrogen and oxygen atoms in total. The first-order valence-electron chi connectivity index (χ1n) is 7.83. The first kappa shape index (κ1) is 16.1. The third kappa shape index (κ3) is 2.79. The molecule has 2 amide bonds. The van der Waals surface area contributed by atoms with Crippen molar-refractivity contribution in [1.29, 1.82) is 0 Å². The highest BCUT2D eigenvalue weighted by molar-refractivity contribution is 7.89. The van der Waals surface area contributed by atoms with E-state index >= 15 is 0 Å². The maximum atomic E-state index is 12.6.